The number of aliphatic hydroxyl groups excluding tert-OH is 1. The number of rotatable bonds is 7. The van der Waals surface area contributed by atoms with E-state index in [1.165, 1.54) is 4.68 Å². The average molecular weight is 328 g/mol. The Labute approximate surface area is 134 Å². The molecule has 9 nitrogen and oxygen atoms in total. The number of nitrogens with zero attached hydrogens (tertiary/aromatic N) is 3. The van der Waals surface area contributed by atoms with Gasteiger partial charge in [-0.15, -0.1) is 5.10 Å². The molecule has 0 aromatic carbocycles. The predicted octanol–water partition coefficient (Wildman–Crippen LogP) is 0.672. The summed E-state index contributed by atoms with van der Waals surface area (Å²) in [7, 11) is 0. The van der Waals surface area contributed by atoms with Gasteiger partial charge in [-0.1, -0.05) is 12.1 Å². The van der Waals surface area contributed by atoms with Crippen molar-refractivity contribution in [1.82, 2.24) is 20.3 Å². The van der Waals surface area contributed by atoms with Gasteiger partial charge in [-0.3, -0.25) is 0 Å². The molecule has 1 aromatic rings. The van der Waals surface area contributed by atoms with Crippen molar-refractivity contribution in [3.8, 4) is 0 Å². The first-order chi connectivity index (χ1) is 10.6. The molecule has 130 valence electrons. The van der Waals surface area contributed by atoms with Crippen molar-refractivity contribution in [3.63, 3.8) is 0 Å². The van der Waals surface area contributed by atoms with Gasteiger partial charge >= 0.3 is 12.1 Å². The number of amides is 1. The molecule has 0 fully saturated rings. The summed E-state index contributed by atoms with van der Waals surface area (Å²) in [5, 5.41) is 28.3. The van der Waals surface area contributed by atoms with Gasteiger partial charge in [-0.25, -0.2) is 14.3 Å². The third kappa shape index (κ3) is 6.23. The fourth-order valence-electron chi connectivity index (χ4n) is 1.84. The minimum Gasteiger partial charge on any atom is -0.476 e. The van der Waals surface area contributed by atoms with E-state index in [4.69, 9.17) is 14.9 Å². The van der Waals surface area contributed by atoms with E-state index in [-0.39, 0.29) is 31.2 Å². The van der Waals surface area contributed by atoms with Crippen molar-refractivity contribution in [2.45, 2.75) is 46.3 Å². The van der Waals surface area contributed by atoms with Crippen molar-refractivity contribution in [1.29, 1.82) is 0 Å². The first-order valence-corrected chi connectivity index (χ1v) is 7.37. The molecule has 23 heavy (non-hydrogen) atoms. The molecule has 9 heteroatoms. The van der Waals surface area contributed by atoms with Crippen LogP contribution in [0.4, 0.5) is 4.79 Å². The molecule has 1 heterocycles. The molecule has 0 spiro atoms. The second-order valence-corrected chi connectivity index (χ2v) is 6.34. The second kappa shape index (κ2) is 7.91. The van der Waals surface area contributed by atoms with Crippen LogP contribution in [-0.4, -0.2) is 56.0 Å². The Balaban J connectivity index is 2.72. The van der Waals surface area contributed by atoms with Gasteiger partial charge in [0.1, 0.15) is 5.60 Å². The van der Waals surface area contributed by atoms with Crippen LogP contribution in [0.3, 0.4) is 0 Å². The van der Waals surface area contributed by atoms with Crippen molar-refractivity contribution in [3.05, 3.63) is 11.4 Å². The van der Waals surface area contributed by atoms with Crippen LogP contribution in [0.1, 0.15) is 43.9 Å². The normalized spacial score (nSPS) is 12.7. The second-order valence-electron chi connectivity index (χ2n) is 6.34. The highest BCUT2D eigenvalue weighted by Crippen LogP contribution is 2.10. The van der Waals surface area contributed by atoms with Crippen LogP contribution >= 0.6 is 0 Å². The van der Waals surface area contributed by atoms with Gasteiger partial charge in [-0.05, 0) is 26.7 Å². The van der Waals surface area contributed by atoms with Gasteiger partial charge in [0.05, 0.1) is 5.69 Å². The summed E-state index contributed by atoms with van der Waals surface area (Å²) >= 11 is 0. The van der Waals surface area contributed by atoms with Gasteiger partial charge in [0.15, 0.2) is 5.69 Å². The number of hydrogen-bond donors (Lipinski definition) is 3. The molecule has 0 saturated carbocycles. The Bertz CT molecular complexity index is 550. The van der Waals surface area contributed by atoms with Crippen LogP contribution in [0.15, 0.2) is 0 Å². The first-order valence-electron chi connectivity index (χ1n) is 7.37. The van der Waals surface area contributed by atoms with Crippen LogP contribution in [0.25, 0.3) is 0 Å². The lowest BCUT2D eigenvalue weighted by atomic mass is 10.2. The van der Waals surface area contributed by atoms with Crippen molar-refractivity contribution >= 4 is 12.1 Å². The number of carbonyl (C=O) groups excluding carboxylic acids is 1. The summed E-state index contributed by atoms with van der Waals surface area (Å²) < 4.78 is 6.56. The highest BCUT2D eigenvalue weighted by molar-refractivity contribution is 5.86. The van der Waals surface area contributed by atoms with Gasteiger partial charge in [0, 0.05) is 26.1 Å². The summed E-state index contributed by atoms with van der Waals surface area (Å²) in [5.74, 6) is -1.27. The van der Waals surface area contributed by atoms with E-state index in [9.17, 15) is 9.59 Å². The van der Waals surface area contributed by atoms with E-state index < -0.39 is 17.7 Å². The molecular weight excluding hydrogens is 304 g/mol. The van der Waals surface area contributed by atoms with E-state index in [2.05, 4.69) is 15.6 Å². The summed E-state index contributed by atoms with van der Waals surface area (Å²) in [6, 6.07) is 0. The molecule has 0 aliphatic carbocycles. The third-order valence-electron chi connectivity index (χ3n) is 2.87. The smallest absolute Gasteiger partial charge is 0.407 e. The molecule has 1 atom stereocenters. The minimum atomic E-state index is -1.18. The summed E-state index contributed by atoms with van der Waals surface area (Å²) in [6.45, 7) is 7.57. The van der Waals surface area contributed by atoms with E-state index in [1.54, 1.807) is 20.8 Å². The van der Waals surface area contributed by atoms with Gasteiger partial charge < -0.3 is 20.3 Å². The maximum absolute atomic E-state index is 11.6. The lowest BCUT2D eigenvalue weighted by molar-refractivity contribution is 0.0528. The minimum absolute atomic E-state index is 0.0438. The summed E-state index contributed by atoms with van der Waals surface area (Å²) in [5.41, 5.74) is -0.356. The number of aromatic carboxylic acids is 1. The maximum atomic E-state index is 11.6. The molecule has 1 unspecified atom stereocenters. The summed E-state index contributed by atoms with van der Waals surface area (Å²) in [6.07, 6.45) is -0.330. The maximum Gasteiger partial charge on any atom is 0.407 e. The third-order valence-corrected chi connectivity index (χ3v) is 2.87. The molecule has 0 aliphatic rings. The fourth-order valence-corrected chi connectivity index (χ4v) is 1.84. The number of aromatic nitrogens is 3. The van der Waals surface area contributed by atoms with E-state index in [1.807, 2.05) is 6.92 Å². The zero-order valence-corrected chi connectivity index (χ0v) is 13.9. The van der Waals surface area contributed by atoms with Crippen molar-refractivity contribution < 1.29 is 24.5 Å². The Hall–Kier alpha value is -2.16. The molecule has 0 saturated heterocycles. The fraction of sp³-hybridized carbons (Fsp3) is 0.714. The summed E-state index contributed by atoms with van der Waals surface area (Å²) in [4.78, 5) is 22.8. The van der Waals surface area contributed by atoms with Crippen molar-refractivity contribution in [2.24, 2.45) is 5.92 Å². The molecule has 1 aromatic heterocycles. The lowest BCUT2D eigenvalue weighted by Crippen LogP contribution is -2.34. The number of alkyl carbamates (subject to hydrolysis) is 1. The van der Waals surface area contributed by atoms with Gasteiger partial charge in [-0.2, -0.15) is 0 Å². The molecule has 0 aliphatic heterocycles. The Morgan fingerprint density at radius 1 is 1.39 bits per heavy atom. The number of aliphatic hydroxyl groups is 1. The van der Waals surface area contributed by atoms with Gasteiger partial charge in [0.2, 0.25) is 0 Å². The number of carboxylic acids is 1. The molecule has 0 bridgehead atoms. The zero-order valence-electron chi connectivity index (χ0n) is 13.9. The average Bonchev–Trinajstić information content (AvgIpc) is 2.79. The van der Waals surface area contributed by atoms with E-state index >= 15 is 0 Å². The first kappa shape index (κ1) is 18.9. The van der Waals surface area contributed by atoms with Crippen LogP contribution < -0.4 is 5.32 Å². The number of carboxylic acid groups (broad SMARTS) is 1. The lowest BCUT2D eigenvalue weighted by Gasteiger charge is -2.19. The predicted molar refractivity (Wildman–Crippen MR) is 81.2 cm³/mol. The monoisotopic (exact) mass is 328 g/mol. The molecular formula is C14H24N4O5. The number of nitrogens with one attached hydrogen (secondary N) is 1. The van der Waals surface area contributed by atoms with Crippen molar-refractivity contribution in [2.75, 3.05) is 13.2 Å². The standard InChI is InChI=1S/C14H24N4O5/c1-9(8-19)7-18-10(11(12(20)21)16-17-18)5-6-15-13(22)23-14(2,3)4/h9,19H,5-8H2,1-4H3,(H,15,22)(H,20,21). The molecule has 3 N–H and O–H groups in total. The quantitative estimate of drug-likeness (QED) is 0.671. The Kier molecular flexibility index (Phi) is 6.49. The topological polar surface area (TPSA) is 127 Å². The van der Waals surface area contributed by atoms with Crippen LogP contribution in [0, 0.1) is 5.92 Å². The van der Waals surface area contributed by atoms with Crippen LogP contribution in [0.5, 0.6) is 0 Å². The largest absolute Gasteiger partial charge is 0.476 e. The van der Waals surface area contributed by atoms with Crippen LogP contribution in [-0.2, 0) is 17.7 Å². The molecule has 0 radical (unpaired) electrons. The van der Waals surface area contributed by atoms with E-state index in [0.29, 0.717) is 12.2 Å². The Morgan fingerprint density at radius 2 is 2.04 bits per heavy atom. The van der Waals surface area contributed by atoms with E-state index in [0.717, 1.165) is 0 Å². The molecule has 1 amide bonds. The van der Waals surface area contributed by atoms with Gasteiger partial charge in [0.25, 0.3) is 0 Å². The highest BCUT2D eigenvalue weighted by Gasteiger charge is 2.21. The molecule has 1 rings (SSSR count). The highest BCUT2D eigenvalue weighted by atomic mass is 16.6. The van der Waals surface area contributed by atoms with Crippen LogP contribution in [0.2, 0.25) is 0 Å². The Morgan fingerprint density at radius 3 is 2.57 bits per heavy atom. The zero-order chi connectivity index (χ0) is 17.6. The SMILES string of the molecule is CC(CO)Cn1nnc(C(=O)O)c1CCNC(=O)OC(C)(C)C. The number of ether oxygens (including phenoxy) is 1. The number of carbonyl (C=O) groups is 2. The number of hydrogen-bond acceptors (Lipinski definition) is 6.